The second kappa shape index (κ2) is 13.9. The van der Waals surface area contributed by atoms with Gasteiger partial charge >= 0.3 is 11.9 Å². The molecule has 2 atom stereocenters. The molecule has 0 heterocycles. The van der Waals surface area contributed by atoms with Crippen LogP contribution in [0.3, 0.4) is 0 Å². The molecule has 1 unspecified atom stereocenters. The first-order valence-corrected chi connectivity index (χ1v) is 10.9. The molecule has 0 aliphatic rings. The van der Waals surface area contributed by atoms with Crippen LogP contribution < -0.4 is 5.73 Å². The molecule has 0 bridgehead atoms. The van der Waals surface area contributed by atoms with Gasteiger partial charge in [0.25, 0.3) is 0 Å². The number of esters is 2. The molecular formula is C16H28N2O6S2. The van der Waals surface area contributed by atoms with Gasteiger partial charge in [-0.05, 0) is 12.8 Å². The maximum Gasteiger partial charge on any atom is 0.330 e. The smallest absolute Gasteiger partial charge is 0.330 e. The molecule has 0 radical (unpaired) electrons. The summed E-state index contributed by atoms with van der Waals surface area (Å²) < 4.78 is 10.0. The number of ether oxygens (including phenoxy) is 2. The van der Waals surface area contributed by atoms with E-state index in [0.717, 1.165) is 4.90 Å². The molecule has 0 fully saturated rings. The number of hydrogen-bond acceptors (Lipinski definition) is 9. The molecule has 2 N–H and O–H groups in total. The maximum atomic E-state index is 12.2. The van der Waals surface area contributed by atoms with Crippen LogP contribution in [-0.4, -0.2) is 65.5 Å². The van der Waals surface area contributed by atoms with Gasteiger partial charge in [-0.2, -0.15) is 0 Å². The lowest BCUT2D eigenvalue weighted by atomic mass is 10.2. The summed E-state index contributed by atoms with van der Waals surface area (Å²) in [5.41, 5.74) is 5.74. The van der Waals surface area contributed by atoms with Crippen LogP contribution in [0.2, 0.25) is 0 Å². The standard InChI is InChI=1S/C16H28N2O6S2/c1-5-7-23-15(21)13(17)9-25-26-10-14(16(22)24-8-6-2)18(11(3)19)12(4)20/h13-14H,5-10,17H2,1-4H3/t13?,14-/m0/s1. The van der Waals surface area contributed by atoms with E-state index >= 15 is 0 Å². The van der Waals surface area contributed by atoms with Crippen molar-refractivity contribution in [3.8, 4) is 0 Å². The van der Waals surface area contributed by atoms with Crippen molar-refractivity contribution in [3.05, 3.63) is 0 Å². The third-order valence-electron chi connectivity index (χ3n) is 3.02. The first-order chi connectivity index (χ1) is 12.3. The first kappa shape index (κ1) is 24.7. The van der Waals surface area contributed by atoms with Crippen molar-refractivity contribution in [1.82, 2.24) is 4.90 Å². The third-order valence-corrected chi connectivity index (χ3v) is 5.45. The van der Waals surface area contributed by atoms with E-state index in [9.17, 15) is 19.2 Å². The number of nitrogens with two attached hydrogens (primary N) is 1. The molecule has 0 aliphatic heterocycles. The van der Waals surface area contributed by atoms with Crippen LogP contribution in [0.15, 0.2) is 0 Å². The number of nitrogens with zero attached hydrogens (tertiary/aromatic N) is 1. The molecule has 0 aliphatic carbocycles. The summed E-state index contributed by atoms with van der Waals surface area (Å²) in [6.07, 6.45) is 1.35. The van der Waals surface area contributed by atoms with Gasteiger partial charge in [0.15, 0.2) is 0 Å². The number of amides is 2. The van der Waals surface area contributed by atoms with E-state index in [1.165, 1.54) is 35.4 Å². The summed E-state index contributed by atoms with van der Waals surface area (Å²) in [6, 6.07) is -1.79. The van der Waals surface area contributed by atoms with Gasteiger partial charge in [0, 0.05) is 25.4 Å². The normalized spacial score (nSPS) is 12.8. The number of carbonyl (C=O) groups is 4. The molecule has 10 heteroatoms. The van der Waals surface area contributed by atoms with E-state index < -0.39 is 35.8 Å². The van der Waals surface area contributed by atoms with Crippen molar-refractivity contribution in [3.63, 3.8) is 0 Å². The highest BCUT2D eigenvalue weighted by atomic mass is 33.1. The molecule has 0 aromatic rings. The van der Waals surface area contributed by atoms with Crippen LogP contribution in [-0.2, 0) is 28.7 Å². The van der Waals surface area contributed by atoms with Crippen LogP contribution in [0, 0.1) is 0 Å². The topological polar surface area (TPSA) is 116 Å². The molecule has 8 nitrogen and oxygen atoms in total. The fourth-order valence-corrected chi connectivity index (χ4v) is 4.11. The Balaban J connectivity index is 4.68. The molecular weight excluding hydrogens is 380 g/mol. The Kier molecular flexibility index (Phi) is 13.2. The highest BCUT2D eigenvalue weighted by molar-refractivity contribution is 8.76. The predicted molar refractivity (Wildman–Crippen MR) is 102 cm³/mol. The minimum atomic E-state index is -1.02. The van der Waals surface area contributed by atoms with Gasteiger partial charge in [0.05, 0.1) is 13.2 Å². The maximum absolute atomic E-state index is 12.2. The lowest BCUT2D eigenvalue weighted by Gasteiger charge is -2.26. The monoisotopic (exact) mass is 408 g/mol. The molecule has 26 heavy (non-hydrogen) atoms. The van der Waals surface area contributed by atoms with Gasteiger partial charge < -0.3 is 15.2 Å². The molecule has 0 saturated carbocycles. The fourth-order valence-electron chi connectivity index (χ4n) is 1.82. The van der Waals surface area contributed by atoms with E-state index in [0.29, 0.717) is 19.4 Å². The Morgan fingerprint density at radius 3 is 1.81 bits per heavy atom. The minimum absolute atomic E-state index is 0.142. The van der Waals surface area contributed by atoms with Gasteiger partial charge in [-0.25, -0.2) is 4.79 Å². The van der Waals surface area contributed by atoms with Gasteiger partial charge in [-0.15, -0.1) is 0 Å². The Hall–Kier alpha value is -1.26. The quantitative estimate of drug-likeness (QED) is 0.290. The van der Waals surface area contributed by atoms with Gasteiger partial charge in [-0.3, -0.25) is 19.3 Å². The number of rotatable bonds is 12. The Bertz CT molecular complexity index is 475. The van der Waals surface area contributed by atoms with Crippen LogP contribution in [0.25, 0.3) is 0 Å². The average molecular weight is 409 g/mol. The van der Waals surface area contributed by atoms with Crippen molar-refractivity contribution in [2.75, 3.05) is 24.7 Å². The van der Waals surface area contributed by atoms with Crippen molar-refractivity contribution in [2.24, 2.45) is 5.73 Å². The minimum Gasteiger partial charge on any atom is -0.465 e. The summed E-state index contributed by atoms with van der Waals surface area (Å²) in [7, 11) is 2.51. The zero-order valence-electron chi connectivity index (χ0n) is 15.7. The zero-order chi connectivity index (χ0) is 20.1. The molecule has 0 aromatic heterocycles. The Labute approximate surface area is 162 Å². The summed E-state index contributed by atoms with van der Waals surface area (Å²) in [5.74, 6) is -1.74. The summed E-state index contributed by atoms with van der Waals surface area (Å²) >= 11 is 0. The molecule has 0 aromatic carbocycles. The molecule has 0 spiro atoms. The van der Waals surface area contributed by atoms with Gasteiger partial charge in [-0.1, -0.05) is 35.4 Å². The predicted octanol–water partition coefficient (Wildman–Crippen LogP) is 1.37. The van der Waals surface area contributed by atoms with Crippen molar-refractivity contribution in [2.45, 2.75) is 52.6 Å². The first-order valence-electron chi connectivity index (χ1n) is 8.39. The largest absolute Gasteiger partial charge is 0.465 e. The summed E-state index contributed by atoms with van der Waals surface area (Å²) in [4.78, 5) is 48.2. The van der Waals surface area contributed by atoms with Gasteiger partial charge in [0.1, 0.15) is 12.1 Å². The molecule has 0 rings (SSSR count). The SMILES string of the molecule is CCCOC(=O)C(N)CSSC[C@@H](C(=O)OCCC)N(C(C)=O)C(C)=O. The van der Waals surface area contributed by atoms with E-state index in [2.05, 4.69) is 0 Å². The second-order valence-corrected chi connectivity index (χ2v) is 7.99. The Morgan fingerprint density at radius 2 is 1.35 bits per heavy atom. The van der Waals surface area contributed by atoms with Crippen LogP contribution in [0.5, 0.6) is 0 Å². The number of imide groups is 1. The van der Waals surface area contributed by atoms with E-state index in [1.807, 2.05) is 13.8 Å². The van der Waals surface area contributed by atoms with E-state index in [4.69, 9.17) is 15.2 Å². The lowest BCUT2D eigenvalue weighted by Crippen LogP contribution is -2.49. The summed E-state index contributed by atoms with van der Waals surface area (Å²) in [5, 5.41) is 0. The van der Waals surface area contributed by atoms with Crippen molar-refractivity contribution >= 4 is 45.3 Å². The van der Waals surface area contributed by atoms with Crippen molar-refractivity contribution in [1.29, 1.82) is 0 Å². The second-order valence-electron chi connectivity index (χ2n) is 5.43. The van der Waals surface area contributed by atoms with Gasteiger partial charge in [0.2, 0.25) is 11.8 Å². The molecule has 2 amide bonds. The van der Waals surface area contributed by atoms with E-state index in [1.54, 1.807) is 0 Å². The van der Waals surface area contributed by atoms with Crippen molar-refractivity contribution < 1.29 is 28.7 Å². The summed E-state index contributed by atoms with van der Waals surface area (Å²) in [6.45, 7) is 6.71. The number of hydrogen-bond donors (Lipinski definition) is 1. The third kappa shape index (κ3) is 9.44. The zero-order valence-corrected chi connectivity index (χ0v) is 17.3. The molecule has 150 valence electrons. The highest BCUT2D eigenvalue weighted by Gasteiger charge is 2.32. The number of carbonyl (C=O) groups excluding carboxylic acids is 4. The molecule has 0 saturated heterocycles. The van der Waals surface area contributed by atoms with Crippen LogP contribution >= 0.6 is 21.6 Å². The Morgan fingerprint density at radius 1 is 0.885 bits per heavy atom. The fraction of sp³-hybridized carbons (Fsp3) is 0.750. The van der Waals surface area contributed by atoms with E-state index in [-0.39, 0.29) is 18.1 Å². The van der Waals surface area contributed by atoms with Crippen LogP contribution in [0.1, 0.15) is 40.5 Å². The lowest BCUT2D eigenvalue weighted by molar-refractivity contribution is -0.159. The van der Waals surface area contributed by atoms with Crippen LogP contribution in [0.4, 0.5) is 0 Å². The average Bonchev–Trinajstić information content (AvgIpc) is 2.58. The highest BCUT2D eigenvalue weighted by Crippen LogP contribution is 2.25.